The number of hydrogen-bond acceptors (Lipinski definition) is 6. The van der Waals surface area contributed by atoms with Crippen LogP contribution in [0, 0.1) is 13.8 Å². The summed E-state index contributed by atoms with van der Waals surface area (Å²) in [5.41, 5.74) is 3.40. The number of carbonyl (C=O) groups is 1. The maximum atomic E-state index is 13.8. The quantitative estimate of drug-likeness (QED) is 0.424. The van der Waals surface area contributed by atoms with E-state index in [2.05, 4.69) is 11.5 Å². The highest BCUT2D eigenvalue weighted by Crippen LogP contribution is 2.41. The first-order valence-corrected chi connectivity index (χ1v) is 11.7. The molecular formula is C28H32N2O5. The molecule has 0 fully saturated rings. The van der Waals surface area contributed by atoms with Crippen molar-refractivity contribution in [3.63, 3.8) is 0 Å². The first kappa shape index (κ1) is 24.5. The van der Waals surface area contributed by atoms with E-state index in [0.29, 0.717) is 41.2 Å². The van der Waals surface area contributed by atoms with Crippen molar-refractivity contribution in [3.05, 3.63) is 81.2 Å². The Kier molecular flexibility index (Phi) is 6.98. The third-order valence-corrected chi connectivity index (χ3v) is 6.45. The Labute approximate surface area is 205 Å². The van der Waals surface area contributed by atoms with Gasteiger partial charge in [0.25, 0.3) is 5.91 Å². The van der Waals surface area contributed by atoms with E-state index in [1.54, 1.807) is 24.2 Å². The van der Waals surface area contributed by atoms with Crippen molar-refractivity contribution < 1.29 is 18.7 Å². The fourth-order valence-electron chi connectivity index (χ4n) is 4.53. The van der Waals surface area contributed by atoms with Gasteiger partial charge in [0, 0.05) is 6.54 Å². The highest BCUT2D eigenvalue weighted by Gasteiger charge is 2.42. The number of ether oxygens (including phenoxy) is 2. The molecule has 1 aliphatic rings. The molecule has 3 aromatic rings. The van der Waals surface area contributed by atoms with E-state index in [9.17, 15) is 9.59 Å². The van der Waals surface area contributed by atoms with Crippen molar-refractivity contribution in [3.8, 4) is 11.5 Å². The largest absolute Gasteiger partial charge is 0.493 e. The average molecular weight is 477 g/mol. The number of nitrogens with zero attached hydrogens (tertiary/aromatic N) is 2. The van der Waals surface area contributed by atoms with Gasteiger partial charge in [-0.15, -0.1) is 0 Å². The van der Waals surface area contributed by atoms with Gasteiger partial charge in [0.1, 0.15) is 12.2 Å². The Morgan fingerprint density at radius 3 is 2.54 bits per heavy atom. The minimum absolute atomic E-state index is 0.117. The predicted octanol–water partition coefficient (Wildman–Crippen LogP) is 4.48. The van der Waals surface area contributed by atoms with Crippen LogP contribution in [0.5, 0.6) is 11.5 Å². The zero-order valence-corrected chi connectivity index (χ0v) is 21.0. The lowest BCUT2D eigenvalue weighted by molar-refractivity contribution is 0.0722. The minimum Gasteiger partial charge on any atom is -0.493 e. The van der Waals surface area contributed by atoms with Crippen LogP contribution in [-0.2, 0) is 0 Å². The number of hydrogen-bond donors (Lipinski definition) is 0. The number of methoxy groups -OCH3 is 1. The molecule has 2 aromatic carbocycles. The van der Waals surface area contributed by atoms with Crippen molar-refractivity contribution >= 4 is 16.9 Å². The van der Waals surface area contributed by atoms with Gasteiger partial charge in [0.2, 0.25) is 5.76 Å². The van der Waals surface area contributed by atoms with Crippen LogP contribution < -0.4 is 14.9 Å². The highest BCUT2D eigenvalue weighted by molar-refractivity contribution is 5.99. The van der Waals surface area contributed by atoms with Crippen LogP contribution in [0.2, 0.25) is 0 Å². The standard InChI is InChI=1S/C28H32N2O5/c1-7-13-34-21-10-9-19(16-23(21)33-6)25-24-26(31)20-14-17(2)18(3)15-22(20)35-27(24)28(32)30(25)12-8-11-29(4)5/h7,9-10,14-16,25H,1,8,11-13H2,2-6H3/t25-/m1/s1. The Morgan fingerprint density at radius 1 is 1.11 bits per heavy atom. The van der Waals surface area contributed by atoms with Gasteiger partial charge >= 0.3 is 0 Å². The summed E-state index contributed by atoms with van der Waals surface area (Å²) in [7, 11) is 5.55. The monoisotopic (exact) mass is 476 g/mol. The van der Waals surface area contributed by atoms with Crippen LogP contribution in [0.15, 0.2) is 52.2 Å². The van der Waals surface area contributed by atoms with Crippen LogP contribution in [-0.4, -0.2) is 56.6 Å². The molecule has 4 rings (SSSR count). The first-order valence-electron chi connectivity index (χ1n) is 11.7. The minimum atomic E-state index is -0.579. The Bertz CT molecular complexity index is 1340. The van der Waals surface area contributed by atoms with Gasteiger partial charge < -0.3 is 23.7 Å². The molecule has 1 amide bonds. The second kappa shape index (κ2) is 9.96. The van der Waals surface area contributed by atoms with E-state index in [-0.39, 0.29) is 17.1 Å². The molecule has 0 radical (unpaired) electrons. The van der Waals surface area contributed by atoms with Gasteiger partial charge in [0.15, 0.2) is 16.9 Å². The topological polar surface area (TPSA) is 72.2 Å². The molecule has 1 aromatic heterocycles. The lowest BCUT2D eigenvalue weighted by Gasteiger charge is -2.26. The Morgan fingerprint density at radius 2 is 1.86 bits per heavy atom. The van der Waals surface area contributed by atoms with Crippen molar-refractivity contribution in [2.24, 2.45) is 0 Å². The summed E-state index contributed by atoms with van der Waals surface area (Å²) in [6, 6.07) is 8.60. The summed E-state index contributed by atoms with van der Waals surface area (Å²) in [6.45, 7) is 9.24. The zero-order chi connectivity index (χ0) is 25.3. The first-order chi connectivity index (χ1) is 16.8. The number of carbonyl (C=O) groups excluding carboxylic acids is 1. The average Bonchev–Trinajstić information content (AvgIpc) is 3.10. The fraction of sp³-hybridized carbons (Fsp3) is 0.357. The molecule has 1 atom stereocenters. The molecule has 1 aliphatic heterocycles. The lowest BCUT2D eigenvalue weighted by atomic mass is 9.97. The summed E-state index contributed by atoms with van der Waals surface area (Å²) < 4.78 is 17.4. The molecule has 7 heteroatoms. The summed E-state index contributed by atoms with van der Waals surface area (Å²) >= 11 is 0. The van der Waals surface area contributed by atoms with E-state index in [1.165, 1.54) is 0 Å². The Hall–Kier alpha value is -3.58. The van der Waals surface area contributed by atoms with Crippen LogP contribution >= 0.6 is 0 Å². The van der Waals surface area contributed by atoms with Gasteiger partial charge in [-0.05, 0) is 81.9 Å². The van der Waals surface area contributed by atoms with Gasteiger partial charge in [-0.2, -0.15) is 0 Å². The van der Waals surface area contributed by atoms with Gasteiger partial charge in [-0.25, -0.2) is 0 Å². The molecular weight excluding hydrogens is 444 g/mol. The van der Waals surface area contributed by atoms with Crippen molar-refractivity contribution in [2.75, 3.05) is 40.9 Å². The molecule has 0 saturated carbocycles. The number of amides is 1. The molecule has 0 spiro atoms. The van der Waals surface area contributed by atoms with Gasteiger partial charge in [-0.3, -0.25) is 9.59 Å². The van der Waals surface area contributed by atoms with E-state index in [4.69, 9.17) is 13.9 Å². The summed E-state index contributed by atoms with van der Waals surface area (Å²) in [5, 5.41) is 0.484. The van der Waals surface area contributed by atoms with E-state index >= 15 is 0 Å². The smallest absolute Gasteiger partial charge is 0.290 e. The molecule has 0 aliphatic carbocycles. The summed E-state index contributed by atoms with van der Waals surface area (Å²) in [5.74, 6) is 0.935. The van der Waals surface area contributed by atoms with E-state index in [0.717, 1.165) is 29.7 Å². The second-order valence-electron chi connectivity index (χ2n) is 9.17. The van der Waals surface area contributed by atoms with Crippen molar-refractivity contribution in [2.45, 2.75) is 26.3 Å². The highest BCUT2D eigenvalue weighted by atomic mass is 16.5. The molecule has 2 heterocycles. The number of fused-ring (bicyclic) bond motifs is 2. The second-order valence-corrected chi connectivity index (χ2v) is 9.17. The van der Waals surface area contributed by atoms with Crippen LogP contribution in [0.1, 0.15) is 45.3 Å². The SMILES string of the molecule is C=CCOc1ccc([C@@H]2c3c(oc4cc(C)c(C)cc4c3=O)C(=O)N2CCCN(C)C)cc1OC. The molecule has 0 saturated heterocycles. The molecule has 7 nitrogen and oxygen atoms in total. The van der Waals surface area contributed by atoms with Crippen molar-refractivity contribution in [1.29, 1.82) is 0 Å². The van der Waals surface area contributed by atoms with Gasteiger partial charge in [-0.1, -0.05) is 18.7 Å². The van der Waals surface area contributed by atoms with Crippen LogP contribution in [0.3, 0.4) is 0 Å². The number of benzene rings is 2. The molecule has 184 valence electrons. The zero-order valence-electron chi connectivity index (χ0n) is 21.0. The van der Waals surface area contributed by atoms with E-state index in [1.807, 2.05) is 52.2 Å². The third-order valence-electron chi connectivity index (χ3n) is 6.45. The summed E-state index contributed by atoms with van der Waals surface area (Å²) in [4.78, 5) is 31.2. The number of rotatable bonds is 9. The fourth-order valence-corrected chi connectivity index (χ4v) is 4.53. The maximum absolute atomic E-state index is 13.8. The molecule has 0 N–H and O–H groups in total. The van der Waals surface area contributed by atoms with Crippen LogP contribution in [0.25, 0.3) is 11.0 Å². The van der Waals surface area contributed by atoms with Crippen molar-refractivity contribution in [1.82, 2.24) is 9.80 Å². The lowest BCUT2D eigenvalue weighted by Crippen LogP contribution is -2.32. The molecule has 0 bridgehead atoms. The maximum Gasteiger partial charge on any atom is 0.290 e. The summed E-state index contributed by atoms with van der Waals surface area (Å²) in [6.07, 6.45) is 2.42. The number of aryl methyl sites for hydroxylation is 2. The van der Waals surface area contributed by atoms with Gasteiger partial charge in [0.05, 0.1) is 24.1 Å². The van der Waals surface area contributed by atoms with E-state index < -0.39 is 6.04 Å². The van der Waals surface area contributed by atoms with Crippen LogP contribution in [0.4, 0.5) is 0 Å². The normalized spacial score (nSPS) is 15.1. The molecule has 0 unspecified atom stereocenters. The third kappa shape index (κ3) is 4.56. The Balaban J connectivity index is 1.88. The molecule has 35 heavy (non-hydrogen) atoms. The predicted molar refractivity (Wildman–Crippen MR) is 137 cm³/mol.